The van der Waals surface area contributed by atoms with Gasteiger partial charge in [-0.05, 0) is 44.3 Å². The minimum atomic E-state index is -0.658. The minimum absolute atomic E-state index is 0.0653. The van der Waals surface area contributed by atoms with E-state index in [-0.39, 0.29) is 12.3 Å². The number of nitrogens with one attached hydrogen (secondary N) is 2. The lowest BCUT2D eigenvalue weighted by molar-refractivity contribution is -0.384. The van der Waals surface area contributed by atoms with Gasteiger partial charge in [-0.3, -0.25) is 10.1 Å². The number of ether oxygens (including phenoxy) is 1. The molecule has 0 amide bonds. The number of hydrogen-bond acceptors (Lipinski definition) is 6. The molecule has 1 aliphatic heterocycles. The first kappa shape index (κ1) is 18.6. The summed E-state index contributed by atoms with van der Waals surface area (Å²) in [7, 11) is 0. The van der Waals surface area contributed by atoms with Crippen LogP contribution in [0.15, 0.2) is 52.1 Å². The molecule has 1 aromatic heterocycles. The summed E-state index contributed by atoms with van der Waals surface area (Å²) in [6.07, 6.45) is 0. The number of para-hydroxylation sites is 1. The number of benzene rings is 1. The Bertz CT molecular complexity index is 950. The molecule has 0 radical (unpaired) electrons. The first-order valence-corrected chi connectivity index (χ1v) is 8.62. The number of thiocarbonyl (C=S) groups is 1. The Morgan fingerprint density at radius 2 is 2.07 bits per heavy atom. The Labute approximate surface area is 160 Å². The van der Waals surface area contributed by atoms with Gasteiger partial charge in [0.25, 0.3) is 5.69 Å². The number of carbonyl (C=O) groups is 1. The minimum Gasteiger partial charge on any atom is -0.463 e. The van der Waals surface area contributed by atoms with Crippen molar-refractivity contribution in [2.24, 2.45) is 0 Å². The second-order valence-corrected chi connectivity index (χ2v) is 6.18. The molecule has 2 N–H and O–H groups in total. The van der Waals surface area contributed by atoms with E-state index in [1.807, 2.05) is 0 Å². The maximum absolute atomic E-state index is 12.4. The van der Waals surface area contributed by atoms with Gasteiger partial charge in [0.15, 0.2) is 5.11 Å². The van der Waals surface area contributed by atoms with Gasteiger partial charge in [0.2, 0.25) is 0 Å². The van der Waals surface area contributed by atoms with E-state index < -0.39 is 16.9 Å². The van der Waals surface area contributed by atoms with Gasteiger partial charge >= 0.3 is 5.97 Å². The fourth-order valence-corrected chi connectivity index (χ4v) is 3.15. The molecule has 0 saturated heterocycles. The molecule has 27 heavy (non-hydrogen) atoms. The van der Waals surface area contributed by atoms with Crippen molar-refractivity contribution in [3.8, 4) is 11.3 Å². The molecule has 1 atom stereocenters. The number of rotatable bonds is 5. The van der Waals surface area contributed by atoms with Crippen molar-refractivity contribution in [2.45, 2.75) is 19.9 Å². The first-order chi connectivity index (χ1) is 12.9. The highest BCUT2D eigenvalue weighted by Crippen LogP contribution is 2.35. The number of nitro groups is 1. The molecule has 0 spiro atoms. The molecule has 0 unspecified atom stereocenters. The molecule has 140 valence electrons. The standard InChI is InChI=1S/C18H17N3O5S/c1-3-25-17(22)15-10(2)19-18(27)20-16(15)14-9-8-13(26-14)11-6-4-5-7-12(11)21(23)24/h4-9,16H,3H2,1-2H3,(H2,19,20,27)/t16-/m1/s1. The molecule has 0 saturated carbocycles. The second-order valence-electron chi connectivity index (χ2n) is 5.77. The number of nitrogens with zero attached hydrogens (tertiary/aromatic N) is 1. The van der Waals surface area contributed by atoms with Crippen LogP contribution in [0.2, 0.25) is 0 Å². The van der Waals surface area contributed by atoms with Crippen molar-refractivity contribution >= 4 is 29.0 Å². The highest BCUT2D eigenvalue weighted by Gasteiger charge is 2.33. The number of allylic oxidation sites excluding steroid dienone is 1. The van der Waals surface area contributed by atoms with E-state index in [1.165, 1.54) is 6.07 Å². The zero-order valence-electron chi connectivity index (χ0n) is 14.6. The number of esters is 1. The highest BCUT2D eigenvalue weighted by atomic mass is 32.1. The molecule has 8 nitrogen and oxygen atoms in total. The van der Waals surface area contributed by atoms with Gasteiger partial charge in [-0.2, -0.15) is 0 Å². The Balaban J connectivity index is 2.02. The third-order valence-electron chi connectivity index (χ3n) is 4.04. The van der Waals surface area contributed by atoms with Gasteiger partial charge in [-0.25, -0.2) is 4.79 Å². The Hall–Kier alpha value is -3.20. The maximum atomic E-state index is 12.4. The average molecular weight is 387 g/mol. The monoisotopic (exact) mass is 387 g/mol. The predicted molar refractivity (Wildman–Crippen MR) is 102 cm³/mol. The van der Waals surface area contributed by atoms with Crippen LogP contribution in [0.5, 0.6) is 0 Å². The molecule has 1 aromatic carbocycles. The van der Waals surface area contributed by atoms with E-state index in [4.69, 9.17) is 21.4 Å². The zero-order valence-corrected chi connectivity index (χ0v) is 15.5. The first-order valence-electron chi connectivity index (χ1n) is 8.21. The molecule has 2 heterocycles. The Kier molecular flexibility index (Phi) is 5.22. The number of hydrogen-bond donors (Lipinski definition) is 2. The summed E-state index contributed by atoms with van der Waals surface area (Å²) in [5, 5.41) is 17.5. The van der Waals surface area contributed by atoms with Gasteiger partial charge in [0.1, 0.15) is 17.6 Å². The third kappa shape index (κ3) is 3.68. The van der Waals surface area contributed by atoms with Crippen molar-refractivity contribution < 1.29 is 18.9 Å². The third-order valence-corrected chi connectivity index (χ3v) is 4.26. The van der Waals surface area contributed by atoms with Crippen molar-refractivity contribution in [3.63, 3.8) is 0 Å². The van der Waals surface area contributed by atoms with E-state index in [0.29, 0.717) is 33.5 Å². The second kappa shape index (κ2) is 7.58. The van der Waals surface area contributed by atoms with E-state index in [0.717, 1.165) is 0 Å². The molecular formula is C18H17N3O5S. The molecule has 0 aliphatic carbocycles. The summed E-state index contributed by atoms with van der Waals surface area (Å²) >= 11 is 5.18. The molecular weight excluding hydrogens is 370 g/mol. The van der Waals surface area contributed by atoms with Crippen molar-refractivity contribution in [2.75, 3.05) is 6.61 Å². The van der Waals surface area contributed by atoms with E-state index >= 15 is 0 Å². The Morgan fingerprint density at radius 1 is 1.33 bits per heavy atom. The Morgan fingerprint density at radius 3 is 2.78 bits per heavy atom. The van der Waals surface area contributed by atoms with Crippen LogP contribution in [0.1, 0.15) is 25.6 Å². The summed E-state index contributed by atoms with van der Waals surface area (Å²) in [6.45, 7) is 3.67. The number of carbonyl (C=O) groups excluding carboxylic acids is 1. The maximum Gasteiger partial charge on any atom is 0.338 e. The molecule has 9 heteroatoms. The van der Waals surface area contributed by atoms with E-state index in [1.54, 1.807) is 44.2 Å². The number of furan rings is 1. The van der Waals surface area contributed by atoms with Crippen LogP contribution in [0, 0.1) is 10.1 Å². The number of nitro benzene ring substituents is 1. The molecule has 2 aromatic rings. The van der Waals surface area contributed by atoms with E-state index in [2.05, 4.69) is 10.6 Å². The molecule has 3 rings (SSSR count). The van der Waals surface area contributed by atoms with Crippen molar-refractivity contribution in [3.05, 3.63) is 63.5 Å². The largest absolute Gasteiger partial charge is 0.463 e. The van der Waals surface area contributed by atoms with Gasteiger partial charge < -0.3 is 19.8 Å². The normalized spacial score (nSPS) is 16.5. The van der Waals surface area contributed by atoms with Gasteiger partial charge in [0.05, 0.1) is 22.7 Å². The van der Waals surface area contributed by atoms with Crippen LogP contribution in [0.25, 0.3) is 11.3 Å². The highest BCUT2D eigenvalue weighted by molar-refractivity contribution is 7.80. The van der Waals surface area contributed by atoms with Crippen molar-refractivity contribution in [1.29, 1.82) is 0 Å². The van der Waals surface area contributed by atoms with Crippen LogP contribution in [0.3, 0.4) is 0 Å². The molecule has 1 aliphatic rings. The van der Waals surface area contributed by atoms with Crippen LogP contribution in [-0.2, 0) is 9.53 Å². The van der Waals surface area contributed by atoms with Crippen LogP contribution in [0.4, 0.5) is 5.69 Å². The van der Waals surface area contributed by atoms with Gasteiger partial charge in [0, 0.05) is 11.8 Å². The molecule has 0 fully saturated rings. The fourth-order valence-electron chi connectivity index (χ4n) is 2.88. The summed E-state index contributed by atoms with van der Waals surface area (Å²) in [4.78, 5) is 23.2. The van der Waals surface area contributed by atoms with Crippen LogP contribution in [-0.4, -0.2) is 22.6 Å². The topological polar surface area (TPSA) is 107 Å². The fraction of sp³-hybridized carbons (Fsp3) is 0.222. The van der Waals surface area contributed by atoms with Gasteiger partial charge in [-0.15, -0.1) is 0 Å². The lowest BCUT2D eigenvalue weighted by Crippen LogP contribution is -2.45. The summed E-state index contributed by atoms with van der Waals surface area (Å²) in [6, 6.07) is 8.92. The van der Waals surface area contributed by atoms with Gasteiger partial charge in [-0.1, -0.05) is 12.1 Å². The summed E-state index contributed by atoms with van der Waals surface area (Å²) in [5.41, 5.74) is 1.19. The summed E-state index contributed by atoms with van der Waals surface area (Å²) in [5.74, 6) is 0.227. The van der Waals surface area contributed by atoms with E-state index in [9.17, 15) is 14.9 Å². The molecule has 0 bridgehead atoms. The summed E-state index contributed by atoms with van der Waals surface area (Å²) < 4.78 is 11.0. The zero-order chi connectivity index (χ0) is 19.6. The van der Waals surface area contributed by atoms with Crippen LogP contribution >= 0.6 is 12.2 Å². The smallest absolute Gasteiger partial charge is 0.338 e. The quantitative estimate of drug-likeness (QED) is 0.349. The van der Waals surface area contributed by atoms with Crippen LogP contribution < -0.4 is 10.6 Å². The average Bonchev–Trinajstić information content (AvgIpc) is 3.11. The SMILES string of the molecule is CCOC(=O)C1=C(C)NC(=S)N[C@@H]1c1ccc(-c2ccccc2[N+](=O)[O-])o1. The lowest BCUT2D eigenvalue weighted by atomic mass is 10.0. The lowest BCUT2D eigenvalue weighted by Gasteiger charge is -2.28. The van der Waals surface area contributed by atoms with Crippen molar-refractivity contribution in [1.82, 2.24) is 10.6 Å². The predicted octanol–water partition coefficient (Wildman–Crippen LogP) is 3.21.